The smallest absolute Gasteiger partial charge is 0.272 e. The number of hydrogen-bond acceptors (Lipinski definition) is 15. The molecule has 0 spiro atoms. The van der Waals surface area contributed by atoms with Crippen LogP contribution in [0.1, 0.15) is 10.4 Å². The first-order valence-corrected chi connectivity index (χ1v) is 10.3. The molecule has 35 heavy (non-hydrogen) atoms. The number of nitro groups is 1. The third-order valence-corrected chi connectivity index (χ3v) is 5.68. The molecule has 0 radical (unpaired) electrons. The summed E-state index contributed by atoms with van der Waals surface area (Å²) in [5, 5.41) is 94.8. The fourth-order valence-electron chi connectivity index (χ4n) is 3.79. The molecule has 2 aliphatic heterocycles. The number of carboxylic acid groups (broad SMARTS) is 1. The third-order valence-electron chi connectivity index (χ3n) is 5.68. The number of nitro benzene ring substituents is 1. The monoisotopic (exact) mass is 505 g/mol. The maximum Gasteiger partial charge on any atom is 0.272 e. The number of hydrogen-bond donors (Lipinski definition) is 8. The van der Waals surface area contributed by atoms with E-state index in [0.717, 1.165) is 18.2 Å². The van der Waals surface area contributed by atoms with Crippen LogP contribution in [0, 0.1) is 10.1 Å². The van der Waals surface area contributed by atoms with E-state index in [-0.39, 0.29) is 5.69 Å². The highest BCUT2D eigenvalue weighted by molar-refractivity contribution is 5.88. The molecule has 0 amide bonds. The normalized spacial score (nSPS) is 37.6. The van der Waals surface area contributed by atoms with Gasteiger partial charge in [-0.15, -0.1) is 0 Å². The molecular formula is C19H25N2O14-. The highest BCUT2D eigenvalue weighted by Crippen LogP contribution is 2.30. The number of aliphatic hydroxyl groups excluding tert-OH is 7. The Bertz CT molecular complexity index is 881. The number of ether oxygens (including phenoxy) is 3. The average Bonchev–Trinajstić information content (AvgIpc) is 2.83. The third kappa shape index (κ3) is 5.67. The Balaban J connectivity index is 1.78. The Morgan fingerprint density at radius 3 is 2.17 bits per heavy atom. The zero-order valence-electron chi connectivity index (χ0n) is 17.9. The Morgan fingerprint density at radius 2 is 1.60 bits per heavy atom. The largest absolute Gasteiger partial charge is 0.545 e. The summed E-state index contributed by atoms with van der Waals surface area (Å²) >= 11 is 0. The van der Waals surface area contributed by atoms with Gasteiger partial charge >= 0.3 is 0 Å². The van der Waals surface area contributed by atoms with Crippen LogP contribution < -0.4 is 10.4 Å². The van der Waals surface area contributed by atoms with Gasteiger partial charge in [0.25, 0.3) is 5.69 Å². The highest BCUT2D eigenvalue weighted by atomic mass is 16.7. The summed E-state index contributed by atoms with van der Waals surface area (Å²) in [6, 6.07) is 2.67. The summed E-state index contributed by atoms with van der Waals surface area (Å²) in [6.07, 6.45) is -16.4. The number of nitrogens with one attached hydrogen (secondary N) is 1. The Hall–Kier alpha value is -2.51. The van der Waals surface area contributed by atoms with Crippen molar-refractivity contribution in [3.05, 3.63) is 33.9 Å². The van der Waals surface area contributed by atoms with Crippen molar-refractivity contribution in [3.8, 4) is 0 Å². The van der Waals surface area contributed by atoms with E-state index in [4.69, 9.17) is 14.2 Å². The summed E-state index contributed by atoms with van der Waals surface area (Å²) in [7, 11) is 0. The molecule has 16 nitrogen and oxygen atoms in total. The van der Waals surface area contributed by atoms with Crippen molar-refractivity contribution in [1.82, 2.24) is 0 Å². The second kappa shape index (κ2) is 11.0. The maximum atomic E-state index is 11.2. The fraction of sp³-hybridized carbons (Fsp3) is 0.632. The zero-order valence-corrected chi connectivity index (χ0v) is 17.9. The molecule has 0 aromatic heterocycles. The number of carbonyl (C=O) groups is 1. The van der Waals surface area contributed by atoms with Crippen LogP contribution in [0.5, 0.6) is 0 Å². The van der Waals surface area contributed by atoms with E-state index in [1.807, 2.05) is 0 Å². The molecule has 1 aromatic carbocycles. The number of benzene rings is 1. The van der Waals surface area contributed by atoms with Crippen molar-refractivity contribution in [3.63, 3.8) is 0 Å². The van der Waals surface area contributed by atoms with Crippen LogP contribution in [-0.4, -0.2) is 121 Å². The molecule has 2 saturated heterocycles. The Kier molecular flexibility index (Phi) is 8.54. The van der Waals surface area contributed by atoms with Gasteiger partial charge in [0.15, 0.2) is 12.5 Å². The number of nitrogens with zero attached hydrogens (tertiary/aromatic N) is 1. The first kappa shape index (κ1) is 27.1. The molecule has 8 N–H and O–H groups in total. The predicted octanol–water partition coefficient (Wildman–Crippen LogP) is -5.01. The molecule has 0 saturated carbocycles. The van der Waals surface area contributed by atoms with E-state index in [0.29, 0.717) is 0 Å². The van der Waals surface area contributed by atoms with Gasteiger partial charge in [0.2, 0.25) is 0 Å². The predicted molar refractivity (Wildman–Crippen MR) is 107 cm³/mol. The molecule has 0 aliphatic carbocycles. The van der Waals surface area contributed by atoms with E-state index in [9.17, 15) is 55.8 Å². The van der Waals surface area contributed by atoms with Crippen molar-refractivity contribution in [2.75, 3.05) is 18.5 Å². The van der Waals surface area contributed by atoms with Crippen molar-refractivity contribution >= 4 is 17.3 Å². The fourth-order valence-corrected chi connectivity index (χ4v) is 3.79. The number of aromatic carboxylic acids is 1. The second-order valence-corrected chi connectivity index (χ2v) is 8.01. The van der Waals surface area contributed by atoms with Crippen LogP contribution in [0.25, 0.3) is 0 Å². The lowest BCUT2D eigenvalue weighted by atomic mass is 9.96. The van der Waals surface area contributed by atoms with Gasteiger partial charge in [-0.2, -0.15) is 0 Å². The molecule has 196 valence electrons. The van der Waals surface area contributed by atoms with Crippen LogP contribution in [0.15, 0.2) is 18.2 Å². The Morgan fingerprint density at radius 1 is 0.943 bits per heavy atom. The summed E-state index contributed by atoms with van der Waals surface area (Å²) in [5.74, 6) is -1.71. The van der Waals surface area contributed by atoms with Crippen LogP contribution in [0.4, 0.5) is 11.4 Å². The van der Waals surface area contributed by atoms with E-state index >= 15 is 0 Å². The van der Waals surface area contributed by atoms with Crippen molar-refractivity contribution in [2.24, 2.45) is 0 Å². The standard InChI is InChI=1S/C19H26N2O14/c22-4-9-11(24)12(25)15(28)19(34-9)35-16-10(5-23)33-17(14(27)13(16)26)20-7-1-6(18(29)30)2-8(3-7)21(31)32/h1-3,9-17,19-20,22-28H,4-5H2,(H,29,30)/p-1/t9-,10-,11+,12+,13-,14-,15+,16+,17+,19+/m0/s1. The molecule has 16 heteroatoms. The van der Waals surface area contributed by atoms with Gasteiger partial charge in [-0.25, -0.2) is 0 Å². The molecule has 2 aliphatic rings. The molecule has 0 unspecified atom stereocenters. The summed E-state index contributed by atoms with van der Waals surface area (Å²) in [6.45, 7) is -1.55. The van der Waals surface area contributed by atoms with Gasteiger partial charge in [-0.3, -0.25) is 10.1 Å². The second-order valence-electron chi connectivity index (χ2n) is 8.01. The number of carbonyl (C=O) groups excluding carboxylic acids is 1. The van der Waals surface area contributed by atoms with E-state index < -0.39 is 96.7 Å². The topological polar surface area (TPSA) is 265 Å². The van der Waals surface area contributed by atoms with Crippen LogP contribution in [0.2, 0.25) is 0 Å². The maximum absolute atomic E-state index is 11.2. The lowest BCUT2D eigenvalue weighted by molar-refractivity contribution is -0.384. The lowest BCUT2D eigenvalue weighted by Gasteiger charge is -2.46. The SMILES string of the molecule is O=C([O-])c1cc(N[C@@H]2O[C@@H](CO)[C@@H](O[C@H]3O[C@@H](CO)[C@@H](O)[C@@H](O)[C@H]3O)[C@@H](O)[C@@H]2O)cc([N+](=O)[O-])c1. The molecule has 0 bridgehead atoms. The average molecular weight is 505 g/mol. The van der Waals surface area contributed by atoms with E-state index in [2.05, 4.69) is 5.32 Å². The molecule has 10 atom stereocenters. The lowest BCUT2D eigenvalue weighted by Crippen LogP contribution is -2.65. The molecule has 3 rings (SSSR count). The van der Waals surface area contributed by atoms with Crippen molar-refractivity contribution in [1.29, 1.82) is 0 Å². The number of rotatable bonds is 8. The van der Waals surface area contributed by atoms with E-state index in [1.54, 1.807) is 0 Å². The molecule has 2 heterocycles. The number of anilines is 1. The van der Waals surface area contributed by atoms with Crippen molar-refractivity contribution < 1.29 is 64.8 Å². The minimum absolute atomic E-state index is 0.181. The van der Waals surface area contributed by atoms with Crippen molar-refractivity contribution in [2.45, 2.75) is 61.3 Å². The first-order chi connectivity index (χ1) is 16.5. The number of carboxylic acids is 1. The van der Waals surface area contributed by atoms with Gasteiger partial charge < -0.3 is 65.2 Å². The van der Waals surface area contributed by atoms with Gasteiger partial charge in [-0.1, -0.05) is 0 Å². The summed E-state index contributed by atoms with van der Waals surface area (Å²) in [5.41, 5.74) is -1.34. The van der Waals surface area contributed by atoms with Gasteiger partial charge in [0.05, 0.1) is 24.1 Å². The van der Waals surface area contributed by atoms with Gasteiger partial charge in [0.1, 0.15) is 48.8 Å². The molecule has 2 fully saturated rings. The zero-order chi connectivity index (χ0) is 26.0. The van der Waals surface area contributed by atoms with Gasteiger partial charge in [0, 0.05) is 23.4 Å². The highest BCUT2D eigenvalue weighted by Gasteiger charge is 2.50. The first-order valence-electron chi connectivity index (χ1n) is 10.3. The number of non-ortho nitro benzene ring substituents is 1. The number of aliphatic hydroxyl groups is 7. The summed E-state index contributed by atoms with van der Waals surface area (Å²) < 4.78 is 16.1. The van der Waals surface area contributed by atoms with Crippen LogP contribution in [0.3, 0.4) is 0 Å². The van der Waals surface area contributed by atoms with E-state index in [1.165, 1.54) is 0 Å². The minimum Gasteiger partial charge on any atom is -0.545 e. The minimum atomic E-state index is -1.83. The van der Waals surface area contributed by atoms with Gasteiger partial charge in [-0.05, 0) is 6.07 Å². The molecular weight excluding hydrogens is 480 g/mol. The Labute approximate surface area is 196 Å². The summed E-state index contributed by atoms with van der Waals surface area (Å²) in [4.78, 5) is 21.4. The quantitative estimate of drug-likeness (QED) is 0.121. The molecule has 1 aromatic rings. The van der Waals surface area contributed by atoms with Crippen LogP contribution in [-0.2, 0) is 14.2 Å². The van der Waals surface area contributed by atoms with Crippen LogP contribution >= 0.6 is 0 Å².